The molecule has 16 heavy (non-hydrogen) atoms. The van der Waals surface area contributed by atoms with Crippen LogP contribution in [0.15, 0.2) is 0 Å². The van der Waals surface area contributed by atoms with Gasteiger partial charge in [-0.2, -0.15) is 0 Å². The fraction of sp³-hybridized carbons (Fsp3) is 0.917. The molecule has 0 radical (unpaired) electrons. The van der Waals surface area contributed by atoms with Crippen molar-refractivity contribution >= 4 is 5.91 Å². The van der Waals surface area contributed by atoms with E-state index in [1.807, 2.05) is 46.7 Å². The summed E-state index contributed by atoms with van der Waals surface area (Å²) in [5, 5.41) is 0. The summed E-state index contributed by atoms with van der Waals surface area (Å²) in [6, 6.07) is -0.422. The number of carbonyl (C=O) groups is 1. The number of nitrogens with two attached hydrogens (primary N) is 1. The Balaban J connectivity index is 4.42. The zero-order valence-electron chi connectivity index (χ0n) is 11.6. The van der Waals surface area contributed by atoms with Crippen LogP contribution in [0.4, 0.5) is 0 Å². The van der Waals surface area contributed by atoms with Gasteiger partial charge in [0.1, 0.15) is 0 Å². The van der Waals surface area contributed by atoms with E-state index in [9.17, 15) is 4.79 Å². The van der Waals surface area contributed by atoms with E-state index in [1.54, 1.807) is 0 Å². The monoisotopic (exact) mass is 229 g/mol. The Morgan fingerprint density at radius 2 is 1.75 bits per heavy atom. The first-order chi connectivity index (χ1) is 7.20. The summed E-state index contributed by atoms with van der Waals surface area (Å²) in [4.78, 5) is 16.0. The minimum Gasteiger partial charge on any atom is -0.340 e. The maximum Gasteiger partial charge on any atom is 0.240 e. The van der Waals surface area contributed by atoms with Crippen molar-refractivity contribution in [1.82, 2.24) is 9.80 Å². The van der Waals surface area contributed by atoms with Crippen LogP contribution in [0.3, 0.4) is 0 Å². The molecule has 2 N–H and O–H groups in total. The van der Waals surface area contributed by atoms with Crippen LogP contribution >= 0.6 is 0 Å². The SMILES string of the molecule is CCN(CCN(C)C)C(=O)C(N)C(C)(C)C. The molecule has 0 saturated heterocycles. The van der Waals surface area contributed by atoms with Crippen molar-refractivity contribution in [2.75, 3.05) is 33.7 Å². The molecule has 96 valence electrons. The summed E-state index contributed by atoms with van der Waals surface area (Å²) in [6.07, 6.45) is 0. The molecule has 1 unspecified atom stereocenters. The van der Waals surface area contributed by atoms with Gasteiger partial charge >= 0.3 is 0 Å². The molecule has 0 spiro atoms. The van der Waals surface area contributed by atoms with Crippen LogP contribution in [0.5, 0.6) is 0 Å². The molecular weight excluding hydrogens is 202 g/mol. The van der Waals surface area contributed by atoms with Crippen LogP contribution in [0.25, 0.3) is 0 Å². The maximum absolute atomic E-state index is 12.1. The van der Waals surface area contributed by atoms with E-state index in [4.69, 9.17) is 5.73 Å². The van der Waals surface area contributed by atoms with Crippen LogP contribution in [-0.4, -0.2) is 55.5 Å². The number of nitrogens with zero attached hydrogens (tertiary/aromatic N) is 2. The lowest BCUT2D eigenvalue weighted by Gasteiger charge is -2.32. The number of hydrogen-bond acceptors (Lipinski definition) is 3. The molecule has 0 fully saturated rings. The predicted octanol–water partition coefficient (Wildman–Crippen LogP) is 0.770. The fourth-order valence-corrected chi connectivity index (χ4v) is 1.31. The Hall–Kier alpha value is -0.610. The summed E-state index contributed by atoms with van der Waals surface area (Å²) < 4.78 is 0. The number of likely N-dealkylation sites (N-methyl/N-ethyl adjacent to an activating group) is 2. The highest BCUT2D eigenvalue weighted by Gasteiger charge is 2.30. The molecule has 1 amide bonds. The molecule has 1 atom stereocenters. The van der Waals surface area contributed by atoms with Crippen molar-refractivity contribution in [3.8, 4) is 0 Å². The maximum atomic E-state index is 12.1. The summed E-state index contributed by atoms with van der Waals surface area (Å²) in [7, 11) is 4.00. The zero-order valence-corrected chi connectivity index (χ0v) is 11.6. The average Bonchev–Trinajstić information content (AvgIpc) is 2.15. The smallest absolute Gasteiger partial charge is 0.240 e. The van der Waals surface area contributed by atoms with E-state index in [1.165, 1.54) is 0 Å². The van der Waals surface area contributed by atoms with Gasteiger partial charge in [0.15, 0.2) is 0 Å². The molecule has 0 rings (SSSR count). The van der Waals surface area contributed by atoms with Gasteiger partial charge in [-0.15, -0.1) is 0 Å². The topological polar surface area (TPSA) is 49.6 Å². The highest BCUT2D eigenvalue weighted by atomic mass is 16.2. The Kier molecular flexibility index (Phi) is 5.97. The van der Waals surface area contributed by atoms with Gasteiger partial charge in [0.25, 0.3) is 0 Å². The van der Waals surface area contributed by atoms with Crippen LogP contribution in [0, 0.1) is 5.41 Å². The Bertz CT molecular complexity index is 221. The second kappa shape index (κ2) is 6.21. The molecule has 0 aliphatic carbocycles. The zero-order chi connectivity index (χ0) is 12.9. The minimum absolute atomic E-state index is 0.0526. The summed E-state index contributed by atoms with van der Waals surface area (Å²) >= 11 is 0. The van der Waals surface area contributed by atoms with Gasteiger partial charge in [0, 0.05) is 19.6 Å². The van der Waals surface area contributed by atoms with Gasteiger partial charge < -0.3 is 15.5 Å². The Morgan fingerprint density at radius 1 is 1.25 bits per heavy atom. The van der Waals surface area contributed by atoms with Gasteiger partial charge in [-0.1, -0.05) is 20.8 Å². The summed E-state index contributed by atoms with van der Waals surface area (Å²) in [5.74, 6) is 0.0526. The van der Waals surface area contributed by atoms with Crippen molar-refractivity contribution < 1.29 is 4.79 Å². The van der Waals surface area contributed by atoms with Gasteiger partial charge in [0.2, 0.25) is 5.91 Å². The molecule has 0 aromatic carbocycles. The average molecular weight is 229 g/mol. The molecule has 0 bridgehead atoms. The first-order valence-electron chi connectivity index (χ1n) is 5.89. The van der Waals surface area contributed by atoms with Crippen molar-refractivity contribution in [1.29, 1.82) is 0 Å². The number of carbonyl (C=O) groups excluding carboxylic acids is 1. The molecule has 0 aromatic rings. The molecule has 4 heteroatoms. The minimum atomic E-state index is -0.422. The van der Waals surface area contributed by atoms with Crippen LogP contribution in [-0.2, 0) is 4.79 Å². The van der Waals surface area contributed by atoms with E-state index in [0.717, 1.165) is 19.6 Å². The Morgan fingerprint density at radius 3 is 2.06 bits per heavy atom. The quantitative estimate of drug-likeness (QED) is 0.757. The van der Waals surface area contributed by atoms with E-state index in [2.05, 4.69) is 4.90 Å². The van der Waals surface area contributed by atoms with Crippen LogP contribution in [0.1, 0.15) is 27.7 Å². The molecule has 4 nitrogen and oxygen atoms in total. The first kappa shape index (κ1) is 15.4. The van der Waals surface area contributed by atoms with Crippen molar-refractivity contribution in [3.63, 3.8) is 0 Å². The normalized spacial score (nSPS) is 14.0. The third-order valence-corrected chi connectivity index (χ3v) is 2.71. The number of rotatable bonds is 5. The second-order valence-corrected chi connectivity index (χ2v) is 5.56. The molecule has 0 aliphatic heterocycles. The summed E-state index contributed by atoms with van der Waals surface area (Å²) in [6.45, 7) is 10.3. The lowest BCUT2D eigenvalue weighted by Crippen LogP contribution is -2.51. The van der Waals surface area contributed by atoms with Gasteiger partial charge in [0.05, 0.1) is 6.04 Å². The number of amides is 1. The van der Waals surface area contributed by atoms with E-state index < -0.39 is 6.04 Å². The third kappa shape index (κ3) is 4.94. The summed E-state index contributed by atoms with van der Waals surface area (Å²) in [5.41, 5.74) is 5.79. The van der Waals surface area contributed by atoms with Gasteiger partial charge in [-0.25, -0.2) is 0 Å². The molecular formula is C12H27N3O. The Labute approximate surface area is 99.8 Å². The fourth-order valence-electron chi connectivity index (χ4n) is 1.31. The first-order valence-corrected chi connectivity index (χ1v) is 5.89. The van der Waals surface area contributed by atoms with Crippen molar-refractivity contribution in [3.05, 3.63) is 0 Å². The van der Waals surface area contributed by atoms with Crippen LogP contribution in [0.2, 0.25) is 0 Å². The lowest BCUT2D eigenvalue weighted by molar-refractivity contribution is -0.134. The molecule has 0 aromatic heterocycles. The van der Waals surface area contributed by atoms with Crippen molar-refractivity contribution in [2.45, 2.75) is 33.7 Å². The van der Waals surface area contributed by atoms with Crippen molar-refractivity contribution in [2.24, 2.45) is 11.1 Å². The van der Waals surface area contributed by atoms with E-state index >= 15 is 0 Å². The van der Waals surface area contributed by atoms with E-state index in [-0.39, 0.29) is 11.3 Å². The van der Waals surface area contributed by atoms with Gasteiger partial charge in [-0.3, -0.25) is 4.79 Å². The van der Waals surface area contributed by atoms with Gasteiger partial charge in [-0.05, 0) is 26.4 Å². The molecule has 0 heterocycles. The third-order valence-electron chi connectivity index (χ3n) is 2.71. The highest BCUT2D eigenvalue weighted by Crippen LogP contribution is 2.18. The van der Waals surface area contributed by atoms with Crippen LogP contribution < -0.4 is 5.73 Å². The largest absolute Gasteiger partial charge is 0.340 e. The predicted molar refractivity (Wildman–Crippen MR) is 68.2 cm³/mol. The molecule has 0 aliphatic rings. The molecule has 0 saturated carbocycles. The highest BCUT2D eigenvalue weighted by molar-refractivity contribution is 5.82. The van der Waals surface area contributed by atoms with E-state index in [0.29, 0.717) is 0 Å². The second-order valence-electron chi connectivity index (χ2n) is 5.56. The number of hydrogen-bond donors (Lipinski definition) is 1. The lowest BCUT2D eigenvalue weighted by atomic mass is 9.86. The standard InChI is InChI=1S/C12H27N3O/c1-7-15(9-8-14(5)6)11(16)10(13)12(2,3)4/h10H,7-9,13H2,1-6H3.